The van der Waals surface area contributed by atoms with Gasteiger partial charge in [-0.2, -0.15) is 14.9 Å². The summed E-state index contributed by atoms with van der Waals surface area (Å²) in [5, 5.41) is 21.8. The van der Waals surface area contributed by atoms with Crippen molar-refractivity contribution in [3.8, 4) is 18.0 Å². The first-order valence-electron chi connectivity index (χ1n) is 7.75. The van der Waals surface area contributed by atoms with Crippen LogP contribution in [0.4, 0.5) is 4.39 Å². The number of terminal acetylenes is 1. The van der Waals surface area contributed by atoms with Gasteiger partial charge in [0.25, 0.3) is 5.91 Å². The number of halogens is 1. The number of carbonyl (C=O) groups is 1. The van der Waals surface area contributed by atoms with E-state index in [0.29, 0.717) is 37.3 Å². The largest absolute Gasteiger partial charge is 0.352 e. The lowest BCUT2D eigenvalue weighted by Gasteiger charge is -2.11. The van der Waals surface area contributed by atoms with E-state index in [-0.39, 0.29) is 11.5 Å². The molecular formula is C16H16FN7O. The smallest absolute Gasteiger partial charge is 0.251 e. The Bertz CT molecular complexity index is 862. The minimum atomic E-state index is -0.546. The second kappa shape index (κ2) is 6.76. The van der Waals surface area contributed by atoms with Crippen LogP contribution in [0.5, 0.6) is 0 Å². The Morgan fingerprint density at radius 3 is 2.80 bits per heavy atom. The standard InChI is InChI=1S/C16H16FN7O/c1-3-4-5-16(20-21-16)6-7-18-15(25)12-8-13(17)10-14(9-12)24-11(2)19-22-23-24/h1,8-10H,4-7H2,2H3,(H,18,25). The predicted molar refractivity (Wildman–Crippen MR) is 86.5 cm³/mol. The molecule has 1 aromatic carbocycles. The van der Waals surface area contributed by atoms with Crippen LogP contribution in [0.1, 0.15) is 35.4 Å². The van der Waals surface area contributed by atoms with Crippen LogP contribution in [-0.4, -0.2) is 38.3 Å². The van der Waals surface area contributed by atoms with Gasteiger partial charge in [-0.05, 0) is 35.5 Å². The molecule has 1 amide bonds. The normalized spacial score (nSPS) is 14.1. The van der Waals surface area contributed by atoms with Gasteiger partial charge in [0, 0.05) is 31.4 Å². The molecule has 8 nitrogen and oxygen atoms in total. The van der Waals surface area contributed by atoms with Crippen LogP contribution in [0.15, 0.2) is 28.4 Å². The third-order valence-corrected chi connectivity index (χ3v) is 3.88. The maximum absolute atomic E-state index is 13.9. The average molecular weight is 341 g/mol. The summed E-state index contributed by atoms with van der Waals surface area (Å²) in [6.07, 6.45) is 7.06. The van der Waals surface area contributed by atoms with Gasteiger partial charge < -0.3 is 5.32 Å². The summed E-state index contributed by atoms with van der Waals surface area (Å²) < 4.78 is 15.2. The fourth-order valence-corrected chi connectivity index (χ4v) is 2.44. The fourth-order valence-electron chi connectivity index (χ4n) is 2.44. The summed E-state index contributed by atoms with van der Waals surface area (Å²) in [5.41, 5.74) is 0.105. The lowest BCUT2D eigenvalue weighted by Crippen LogP contribution is -2.28. The van der Waals surface area contributed by atoms with Crippen molar-refractivity contribution in [3.63, 3.8) is 0 Å². The number of hydrogen-bond donors (Lipinski definition) is 1. The zero-order valence-electron chi connectivity index (χ0n) is 13.6. The first-order chi connectivity index (χ1) is 12.0. The third kappa shape index (κ3) is 3.85. The average Bonchev–Trinajstić information content (AvgIpc) is 3.23. The number of tetrazole rings is 1. The van der Waals surface area contributed by atoms with Crippen molar-refractivity contribution in [1.29, 1.82) is 0 Å². The lowest BCUT2D eigenvalue weighted by molar-refractivity contribution is 0.0951. The van der Waals surface area contributed by atoms with Gasteiger partial charge >= 0.3 is 0 Å². The van der Waals surface area contributed by atoms with E-state index in [4.69, 9.17) is 6.42 Å². The first-order valence-corrected chi connectivity index (χ1v) is 7.75. The van der Waals surface area contributed by atoms with E-state index in [1.807, 2.05) is 0 Å². The number of carbonyl (C=O) groups excluding carboxylic acids is 1. The summed E-state index contributed by atoms with van der Waals surface area (Å²) in [4.78, 5) is 12.3. The molecule has 3 rings (SSSR count). The number of benzene rings is 1. The van der Waals surface area contributed by atoms with E-state index in [1.54, 1.807) is 6.92 Å². The highest BCUT2D eigenvalue weighted by molar-refractivity contribution is 5.94. The van der Waals surface area contributed by atoms with Crippen molar-refractivity contribution in [3.05, 3.63) is 35.4 Å². The number of rotatable bonds is 7. The van der Waals surface area contributed by atoms with E-state index in [2.05, 4.69) is 37.0 Å². The van der Waals surface area contributed by atoms with Crippen LogP contribution in [0.3, 0.4) is 0 Å². The van der Waals surface area contributed by atoms with Crippen molar-refractivity contribution in [2.75, 3.05) is 6.54 Å². The SMILES string of the molecule is C#CCCC1(CCNC(=O)c2cc(F)cc(-n3nnnc3C)c2)N=N1. The summed E-state index contributed by atoms with van der Waals surface area (Å²) in [6, 6.07) is 3.96. The molecule has 2 heterocycles. The highest BCUT2D eigenvalue weighted by atomic mass is 19.1. The molecule has 0 bridgehead atoms. The lowest BCUT2D eigenvalue weighted by atomic mass is 10.0. The number of aryl methyl sites for hydroxylation is 1. The van der Waals surface area contributed by atoms with Crippen LogP contribution >= 0.6 is 0 Å². The number of hydrogen-bond acceptors (Lipinski definition) is 6. The molecule has 0 saturated carbocycles. The third-order valence-electron chi connectivity index (χ3n) is 3.88. The number of amides is 1. The molecule has 0 aliphatic carbocycles. The van der Waals surface area contributed by atoms with Gasteiger partial charge in [-0.25, -0.2) is 4.39 Å². The number of nitrogens with zero attached hydrogens (tertiary/aromatic N) is 6. The number of aromatic nitrogens is 4. The van der Waals surface area contributed by atoms with Crippen LogP contribution in [0.25, 0.3) is 5.69 Å². The van der Waals surface area contributed by atoms with E-state index in [1.165, 1.54) is 22.9 Å². The van der Waals surface area contributed by atoms with Crippen molar-refractivity contribution in [2.24, 2.45) is 10.2 Å². The zero-order valence-corrected chi connectivity index (χ0v) is 13.6. The molecular weight excluding hydrogens is 325 g/mol. The van der Waals surface area contributed by atoms with Gasteiger partial charge in [-0.15, -0.1) is 17.4 Å². The highest BCUT2D eigenvalue weighted by Crippen LogP contribution is 2.36. The summed E-state index contributed by atoms with van der Waals surface area (Å²) in [7, 11) is 0. The molecule has 128 valence electrons. The molecule has 0 unspecified atom stereocenters. The Labute approximate surface area is 143 Å². The predicted octanol–water partition coefficient (Wildman–Crippen LogP) is 1.81. The monoisotopic (exact) mass is 341 g/mol. The van der Waals surface area contributed by atoms with E-state index in [9.17, 15) is 9.18 Å². The van der Waals surface area contributed by atoms with Gasteiger partial charge in [0.1, 0.15) is 5.82 Å². The molecule has 0 fully saturated rings. The van der Waals surface area contributed by atoms with Gasteiger partial charge in [-0.1, -0.05) is 0 Å². The summed E-state index contributed by atoms with van der Waals surface area (Å²) in [5.74, 6) is 2.11. The Morgan fingerprint density at radius 2 is 2.16 bits per heavy atom. The van der Waals surface area contributed by atoms with Crippen molar-refractivity contribution in [1.82, 2.24) is 25.5 Å². The second-order valence-electron chi connectivity index (χ2n) is 5.73. The fraction of sp³-hybridized carbons (Fsp3) is 0.375. The van der Waals surface area contributed by atoms with Crippen molar-refractivity contribution in [2.45, 2.75) is 31.8 Å². The minimum absolute atomic E-state index is 0.187. The number of nitrogens with one attached hydrogen (secondary N) is 1. The van der Waals surface area contributed by atoms with Crippen molar-refractivity contribution < 1.29 is 9.18 Å². The second-order valence-corrected chi connectivity index (χ2v) is 5.73. The Balaban J connectivity index is 1.64. The van der Waals surface area contributed by atoms with Crippen LogP contribution in [-0.2, 0) is 0 Å². The molecule has 1 N–H and O–H groups in total. The summed E-state index contributed by atoms with van der Waals surface area (Å²) in [6.45, 7) is 2.05. The van der Waals surface area contributed by atoms with E-state index < -0.39 is 11.5 Å². The summed E-state index contributed by atoms with van der Waals surface area (Å²) >= 11 is 0. The maximum atomic E-state index is 13.9. The molecule has 0 spiro atoms. The molecule has 1 aliphatic heterocycles. The molecule has 2 aromatic rings. The van der Waals surface area contributed by atoms with Gasteiger partial charge in [0.2, 0.25) is 0 Å². The molecule has 0 saturated heterocycles. The first kappa shape index (κ1) is 16.7. The van der Waals surface area contributed by atoms with Crippen LogP contribution in [0, 0.1) is 25.1 Å². The van der Waals surface area contributed by atoms with Crippen LogP contribution < -0.4 is 5.32 Å². The minimum Gasteiger partial charge on any atom is -0.352 e. The van der Waals surface area contributed by atoms with E-state index >= 15 is 0 Å². The Hall–Kier alpha value is -3.15. The Morgan fingerprint density at radius 1 is 1.36 bits per heavy atom. The topological polar surface area (TPSA) is 97.4 Å². The van der Waals surface area contributed by atoms with Gasteiger partial charge in [0.05, 0.1) is 5.69 Å². The highest BCUT2D eigenvalue weighted by Gasteiger charge is 2.38. The molecule has 1 aromatic heterocycles. The van der Waals surface area contributed by atoms with Crippen molar-refractivity contribution >= 4 is 5.91 Å². The molecule has 0 atom stereocenters. The molecule has 9 heteroatoms. The van der Waals surface area contributed by atoms with Gasteiger partial charge in [-0.3, -0.25) is 4.79 Å². The molecule has 25 heavy (non-hydrogen) atoms. The van der Waals surface area contributed by atoms with Crippen LogP contribution in [0.2, 0.25) is 0 Å². The molecule has 1 aliphatic rings. The quantitative estimate of drug-likeness (QED) is 0.777. The van der Waals surface area contributed by atoms with E-state index in [0.717, 1.165) is 0 Å². The maximum Gasteiger partial charge on any atom is 0.251 e. The Kier molecular flexibility index (Phi) is 4.52. The zero-order chi connectivity index (χ0) is 17.9. The van der Waals surface area contributed by atoms with Gasteiger partial charge in [0.15, 0.2) is 11.5 Å². The molecule has 0 radical (unpaired) electrons.